The summed E-state index contributed by atoms with van der Waals surface area (Å²) in [6.07, 6.45) is -13.1. The van der Waals surface area contributed by atoms with Crippen LogP contribution in [0.1, 0.15) is 6.92 Å². The fraction of sp³-hybridized carbons (Fsp3) is 0.875. The number of aliphatic hydroxyl groups is 4. The van der Waals surface area contributed by atoms with Crippen molar-refractivity contribution >= 4 is 12.4 Å². The first-order valence-electron chi connectivity index (χ1n) is 8.93. The Hall–Kier alpha value is -1.46. The summed E-state index contributed by atoms with van der Waals surface area (Å²) >= 11 is 0. The molecule has 4 unspecified atom stereocenters. The third-order valence-corrected chi connectivity index (χ3v) is 4.63. The first kappa shape index (κ1) is 24.8. The van der Waals surface area contributed by atoms with E-state index >= 15 is 0 Å². The van der Waals surface area contributed by atoms with Crippen molar-refractivity contribution in [2.24, 2.45) is 0 Å². The van der Waals surface area contributed by atoms with Gasteiger partial charge in [-0.05, 0) is 0 Å². The van der Waals surface area contributed by atoms with E-state index < -0.39 is 74.4 Å². The van der Waals surface area contributed by atoms with Gasteiger partial charge in [0.1, 0.15) is 43.4 Å². The van der Waals surface area contributed by atoms with Gasteiger partial charge in [0, 0.05) is 21.1 Å². The second-order valence-electron chi connectivity index (χ2n) is 6.51. The predicted molar refractivity (Wildman–Crippen MR) is 90.9 cm³/mol. The number of nitrogens with one attached hydrogen (secondary N) is 1. The average molecular weight is 441 g/mol. The maximum atomic E-state index is 11.6. The summed E-state index contributed by atoms with van der Waals surface area (Å²) in [5, 5.41) is 42.8. The Morgan fingerprint density at radius 2 is 1.63 bits per heavy atom. The summed E-state index contributed by atoms with van der Waals surface area (Å²) in [6, 6.07) is -1.13. The van der Waals surface area contributed by atoms with Gasteiger partial charge in [-0.15, -0.1) is 0 Å². The molecule has 2 aliphatic heterocycles. The molecule has 174 valence electrons. The van der Waals surface area contributed by atoms with E-state index in [0.717, 1.165) is 0 Å². The minimum atomic E-state index is -1.67. The van der Waals surface area contributed by atoms with E-state index in [-0.39, 0.29) is 6.47 Å². The summed E-state index contributed by atoms with van der Waals surface area (Å²) in [6.45, 7) is 0.462. The van der Waals surface area contributed by atoms with E-state index in [2.05, 4.69) is 10.1 Å². The molecule has 0 aromatic carbocycles. The number of carbonyl (C=O) groups excluding carboxylic acids is 2. The molecule has 2 aliphatic rings. The van der Waals surface area contributed by atoms with Crippen LogP contribution in [0.15, 0.2) is 0 Å². The third kappa shape index (κ3) is 5.42. The zero-order chi connectivity index (χ0) is 22.4. The van der Waals surface area contributed by atoms with Crippen LogP contribution in [0.25, 0.3) is 0 Å². The lowest BCUT2D eigenvalue weighted by molar-refractivity contribution is -0.388. The minimum Gasteiger partial charge on any atom is -0.435 e. The lowest BCUT2D eigenvalue weighted by Crippen LogP contribution is -2.67. The maximum Gasteiger partial charge on any atom is 0.295 e. The first-order chi connectivity index (χ1) is 14.3. The standard InChI is InChI=1S/C16H27NO13/c1-6(20)17-7-11(10(23)14(26-4-18)29-13(7)25-3)28-15-9(22)8(21)12(24-2)16(30-15)27-5-19/h4,7-16,19,21-23H,5H2,1-3H3,(H,17,20)/t7-,8+,9-,10-,11+,12-,13?,14?,15?,16?/m0/s1. The SMILES string of the molecule is COC1OC(OC=O)[C@@H](O)[C@H](OC2OC(OCO)[C@@H](OC)[C@H](O)[C@@H]2O)[C@@H]1NC(C)=O. The molecule has 30 heavy (non-hydrogen) atoms. The molecule has 10 atom stereocenters. The maximum absolute atomic E-state index is 11.6. The molecular weight excluding hydrogens is 414 g/mol. The fourth-order valence-electron chi connectivity index (χ4n) is 3.27. The van der Waals surface area contributed by atoms with Gasteiger partial charge in [-0.1, -0.05) is 0 Å². The molecule has 1 amide bonds. The summed E-state index contributed by atoms with van der Waals surface area (Å²) < 4.78 is 36.2. The Bertz CT molecular complexity index is 565. The zero-order valence-corrected chi connectivity index (χ0v) is 16.5. The van der Waals surface area contributed by atoms with Crippen LogP contribution in [-0.2, 0) is 42.7 Å². The van der Waals surface area contributed by atoms with Gasteiger partial charge in [0.25, 0.3) is 6.47 Å². The summed E-state index contributed by atoms with van der Waals surface area (Å²) in [7, 11) is 2.48. The van der Waals surface area contributed by atoms with Gasteiger partial charge in [0.15, 0.2) is 18.9 Å². The van der Waals surface area contributed by atoms with Gasteiger partial charge in [0.05, 0.1) is 0 Å². The van der Waals surface area contributed by atoms with Gasteiger partial charge < -0.3 is 58.9 Å². The molecule has 2 heterocycles. The molecule has 0 aromatic rings. The Kier molecular flexibility index (Phi) is 9.30. The van der Waals surface area contributed by atoms with E-state index in [1.54, 1.807) is 0 Å². The van der Waals surface area contributed by atoms with Crippen LogP contribution in [0.3, 0.4) is 0 Å². The van der Waals surface area contributed by atoms with Gasteiger partial charge in [-0.25, -0.2) is 0 Å². The van der Waals surface area contributed by atoms with Crippen molar-refractivity contribution in [3.8, 4) is 0 Å². The zero-order valence-electron chi connectivity index (χ0n) is 16.5. The van der Waals surface area contributed by atoms with Gasteiger partial charge >= 0.3 is 0 Å². The summed E-state index contributed by atoms with van der Waals surface area (Å²) in [4.78, 5) is 22.4. The van der Waals surface area contributed by atoms with E-state index in [1.165, 1.54) is 21.1 Å². The Morgan fingerprint density at radius 3 is 2.17 bits per heavy atom. The number of aliphatic hydroxyl groups excluding tert-OH is 4. The molecule has 2 saturated heterocycles. The highest BCUT2D eigenvalue weighted by molar-refractivity contribution is 5.73. The van der Waals surface area contributed by atoms with Crippen LogP contribution in [-0.4, -0.2) is 116 Å². The number of hydrogen-bond donors (Lipinski definition) is 5. The monoisotopic (exact) mass is 441 g/mol. The highest BCUT2D eigenvalue weighted by Crippen LogP contribution is 2.30. The first-order valence-corrected chi connectivity index (χ1v) is 8.93. The summed E-state index contributed by atoms with van der Waals surface area (Å²) in [5.74, 6) is -0.521. The Labute approximate surface area is 171 Å². The minimum absolute atomic E-state index is 0.0421. The molecule has 5 N–H and O–H groups in total. The Balaban J connectivity index is 2.28. The molecular formula is C16H27NO13. The van der Waals surface area contributed by atoms with Gasteiger partial charge in [0.2, 0.25) is 12.2 Å². The number of ether oxygens (including phenoxy) is 7. The molecule has 14 nitrogen and oxygen atoms in total. The largest absolute Gasteiger partial charge is 0.435 e. The van der Waals surface area contributed by atoms with Crippen LogP contribution in [0.2, 0.25) is 0 Å². The third-order valence-electron chi connectivity index (χ3n) is 4.63. The van der Waals surface area contributed by atoms with Crippen LogP contribution >= 0.6 is 0 Å². The quantitative estimate of drug-likeness (QED) is 0.173. The molecule has 0 aromatic heterocycles. The van der Waals surface area contributed by atoms with Crippen molar-refractivity contribution in [3.63, 3.8) is 0 Å². The van der Waals surface area contributed by atoms with Gasteiger partial charge in [-0.2, -0.15) is 0 Å². The topological polar surface area (TPSA) is 192 Å². The summed E-state index contributed by atoms with van der Waals surface area (Å²) in [5.41, 5.74) is 0. The molecule has 0 saturated carbocycles. The number of hydrogen-bond acceptors (Lipinski definition) is 13. The molecule has 14 heteroatoms. The molecule has 0 radical (unpaired) electrons. The fourth-order valence-corrected chi connectivity index (χ4v) is 3.27. The van der Waals surface area contributed by atoms with Crippen LogP contribution in [0.5, 0.6) is 0 Å². The van der Waals surface area contributed by atoms with Crippen molar-refractivity contribution < 1.29 is 63.2 Å². The lowest BCUT2D eigenvalue weighted by atomic mass is 9.99. The van der Waals surface area contributed by atoms with Crippen LogP contribution < -0.4 is 5.32 Å². The van der Waals surface area contributed by atoms with Crippen LogP contribution in [0, 0.1) is 0 Å². The van der Waals surface area contributed by atoms with Crippen LogP contribution in [0.4, 0.5) is 0 Å². The number of methoxy groups -OCH3 is 2. The molecule has 0 spiro atoms. The normalized spacial score (nSPS) is 41.8. The van der Waals surface area contributed by atoms with E-state index in [0.29, 0.717) is 0 Å². The number of carbonyl (C=O) groups is 2. The highest BCUT2D eigenvalue weighted by atomic mass is 16.8. The lowest BCUT2D eigenvalue weighted by Gasteiger charge is -2.47. The number of amides is 1. The van der Waals surface area contributed by atoms with Crippen molar-refractivity contribution in [2.45, 2.75) is 68.6 Å². The van der Waals surface area contributed by atoms with E-state index in [9.17, 15) is 24.9 Å². The number of rotatable bonds is 9. The smallest absolute Gasteiger partial charge is 0.295 e. The van der Waals surface area contributed by atoms with E-state index in [1.807, 2.05) is 0 Å². The second kappa shape index (κ2) is 11.2. The van der Waals surface area contributed by atoms with Gasteiger partial charge in [-0.3, -0.25) is 9.59 Å². The molecule has 0 bridgehead atoms. The molecule has 2 fully saturated rings. The van der Waals surface area contributed by atoms with Crippen molar-refractivity contribution in [1.82, 2.24) is 5.32 Å². The van der Waals surface area contributed by atoms with Crippen molar-refractivity contribution in [2.75, 3.05) is 21.0 Å². The van der Waals surface area contributed by atoms with Crippen molar-refractivity contribution in [1.29, 1.82) is 0 Å². The average Bonchev–Trinajstić information content (AvgIpc) is 2.70. The molecule has 2 rings (SSSR count). The van der Waals surface area contributed by atoms with Crippen molar-refractivity contribution in [3.05, 3.63) is 0 Å². The second-order valence-corrected chi connectivity index (χ2v) is 6.51. The van der Waals surface area contributed by atoms with E-state index in [4.69, 9.17) is 33.5 Å². The predicted octanol–water partition coefficient (Wildman–Crippen LogP) is -3.88. The molecule has 0 aliphatic carbocycles. The Morgan fingerprint density at radius 1 is 0.967 bits per heavy atom. The highest BCUT2D eigenvalue weighted by Gasteiger charge is 2.52.